The maximum absolute atomic E-state index is 13.3. The smallest absolute Gasteiger partial charge is 0.272 e. The first-order valence-electron chi connectivity index (χ1n) is 6.07. The largest absolute Gasteiger partial charge is 0.306 e. The van der Waals surface area contributed by atoms with Crippen molar-refractivity contribution < 1.29 is 14.0 Å². The van der Waals surface area contributed by atoms with E-state index in [-0.39, 0.29) is 17.7 Å². The molecule has 1 aromatic heterocycles. The Bertz CT molecular complexity index is 727. The normalized spacial score (nSPS) is 9.95. The van der Waals surface area contributed by atoms with Gasteiger partial charge in [0.2, 0.25) is 0 Å². The van der Waals surface area contributed by atoms with Crippen molar-refractivity contribution >= 4 is 11.8 Å². The highest BCUT2D eigenvalue weighted by Crippen LogP contribution is 2.05. The van der Waals surface area contributed by atoms with Crippen LogP contribution in [0.4, 0.5) is 4.39 Å². The SMILES string of the molecule is O=C(Cn1ccccc1=O)NNC(=O)c1ccccc1F. The van der Waals surface area contributed by atoms with Gasteiger partial charge in [-0.2, -0.15) is 0 Å². The number of aromatic nitrogens is 1. The van der Waals surface area contributed by atoms with Crippen molar-refractivity contribution in [3.05, 3.63) is 70.4 Å². The standard InChI is InChI=1S/C14H12FN3O3/c15-11-6-2-1-5-10(11)14(21)17-16-12(19)9-18-8-4-3-7-13(18)20/h1-8H,9H2,(H,16,19)(H,17,21). The van der Waals surface area contributed by atoms with Gasteiger partial charge in [0, 0.05) is 12.3 Å². The number of nitrogens with zero attached hydrogens (tertiary/aromatic N) is 1. The number of rotatable bonds is 3. The summed E-state index contributed by atoms with van der Waals surface area (Å²) in [6.45, 7) is -0.253. The molecular weight excluding hydrogens is 277 g/mol. The third-order valence-electron chi connectivity index (χ3n) is 2.65. The predicted molar refractivity (Wildman–Crippen MR) is 72.7 cm³/mol. The Kier molecular flexibility index (Phi) is 4.45. The highest BCUT2D eigenvalue weighted by atomic mass is 19.1. The number of hydrogen-bond acceptors (Lipinski definition) is 3. The van der Waals surface area contributed by atoms with Gasteiger partial charge >= 0.3 is 0 Å². The summed E-state index contributed by atoms with van der Waals surface area (Å²) in [5.41, 5.74) is 3.68. The summed E-state index contributed by atoms with van der Waals surface area (Å²) in [4.78, 5) is 34.7. The molecule has 2 aromatic rings. The lowest BCUT2D eigenvalue weighted by Gasteiger charge is -2.09. The maximum Gasteiger partial charge on any atom is 0.272 e. The maximum atomic E-state index is 13.3. The summed E-state index contributed by atoms with van der Waals surface area (Å²) in [7, 11) is 0. The Morgan fingerprint density at radius 2 is 1.76 bits per heavy atom. The molecule has 7 heteroatoms. The van der Waals surface area contributed by atoms with Crippen LogP contribution >= 0.6 is 0 Å². The summed E-state index contributed by atoms with van der Waals surface area (Å²) >= 11 is 0. The van der Waals surface area contributed by atoms with E-state index in [0.29, 0.717) is 0 Å². The van der Waals surface area contributed by atoms with Crippen LogP contribution in [0, 0.1) is 5.82 Å². The second-order valence-electron chi connectivity index (χ2n) is 4.15. The highest BCUT2D eigenvalue weighted by molar-refractivity contribution is 5.95. The Hall–Kier alpha value is -2.96. The fourth-order valence-corrected chi connectivity index (χ4v) is 1.62. The molecule has 0 saturated carbocycles. The van der Waals surface area contributed by atoms with Gasteiger partial charge in [-0.3, -0.25) is 25.2 Å². The summed E-state index contributed by atoms with van der Waals surface area (Å²) in [6.07, 6.45) is 1.45. The molecule has 0 bridgehead atoms. The van der Waals surface area contributed by atoms with E-state index in [1.807, 2.05) is 0 Å². The molecule has 0 radical (unpaired) electrons. The fourth-order valence-electron chi connectivity index (χ4n) is 1.62. The van der Waals surface area contributed by atoms with E-state index in [2.05, 4.69) is 10.9 Å². The predicted octanol–water partition coefficient (Wildman–Crippen LogP) is 0.449. The van der Waals surface area contributed by atoms with Gasteiger partial charge in [0.1, 0.15) is 12.4 Å². The number of halogens is 1. The molecule has 1 heterocycles. The zero-order chi connectivity index (χ0) is 15.2. The monoisotopic (exact) mass is 289 g/mol. The van der Waals surface area contributed by atoms with Crippen molar-refractivity contribution in [2.75, 3.05) is 0 Å². The van der Waals surface area contributed by atoms with Gasteiger partial charge in [-0.1, -0.05) is 18.2 Å². The lowest BCUT2D eigenvalue weighted by Crippen LogP contribution is -2.44. The molecule has 0 aliphatic carbocycles. The molecule has 0 unspecified atom stereocenters. The van der Waals surface area contributed by atoms with Crippen LogP contribution in [0.25, 0.3) is 0 Å². The molecule has 21 heavy (non-hydrogen) atoms. The number of benzene rings is 1. The van der Waals surface area contributed by atoms with Crippen LogP contribution in [0.1, 0.15) is 10.4 Å². The second-order valence-corrected chi connectivity index (χ2v) is 4.15. The highest BCUT2D eigenvalue weighted by Gasteiger charge is 2.11. The van der Waals surface area contributed by atoms with Gasteiger partial charge in [0.05, 0.1) is 5.56 Å². The van der Waals surface area contributed by atoms with E-state index < -0.39 is 17.6 Å². The molecular formula is C14H12FN3O3. The van der Waals surface area contributed by atoms with Crippen molar-refractivity contribution in [3.8, 4) is 0 Å². The summed E-state index contributed by atoms with van der Waals surface area (Å²) in [5, 5.41) is 0. The Balaban J connectivity index is 1.93. The van der Waals surface area contributed by atoms with E-state index in [0.717, 1.165) is 6.07 Å². The molecule has 108 valence electrons. The molecule has 0 saturated heterocycles. The zero-order valence-corrected chi connectivity index (χ0v) is 10.9. The molecule has 0 aliphatic rings. The molecule has 6 nitrogen and oxygen atoms in total. The minimum atomic E-state index is -0.776. The molecule has 0 fully saturated rings. The van der Waals surface area contributed by atoms with Crippen LogP contribution in [0.5, 0.6) is 0 Å². The lowest BCUT2D eigenvalue weighted by molar-refractivity contribution is -0.122. The van der Waals surface area contributed by atoms with E-state index >= 15 is 0 Å². The van der Waals surface area contributed by atoms with Crippen LogP contribution in [0.2, 0.25) is 0 Å². The van der Waals surface area contributed by atoms with Crippen molar-refractivity contribution in [1.29, 1.82) is 0 Å². The number of hydrogen-bond donors (Lipinski definition) is 2. The van der Waals surface area contributed by atoms with Crippen LogP contribution in [0.15, 0.2) is 53.5 Å². The van der Waals surface area contributed by atoms with Crippen molar-refractivity contribution in [2.24, 2.45) is 0 Å². The Morgan fingerprint density at radius 3 is 2.48 bits per heavy atom. The number of pyridine rings is 1. The van der Waals surface area contributed by atoms with Crippen LogP contribution in [-0.4, -0.2) is 16.4 Å². The number of nitrogens with one attached hydrogen (secondary N) is 2. The first-order chi connectivity index (χ1) is 10.1. The zero-order valence-electron chi connectivity index (χ0n) is 10.9. The third-order valence-corrected chi connectivity index (χ3v) is 2.65. The Morgan fingerprint density at radius 1 is 1.05 bits per heavy atom. The van der Waals surface area contributed by atoms with Gasteiger partial charge < -0.3 is 4.57 Å². The molecule has 0 atom stereocenters. The molecule has 2 amide bonds. The number of hydrazine groups is 1. The first-order valence-corrected chi connectivity index (χ1v) is 6.07. The van der Waals surface area contributed by atoms with Gasteiger partial charge in [0.25, 0.3) is 17.4 Å². The average molecular weight is 289 g/mol. The number of carbonyl (C=O) groups excluding carboxylic acids is 2. The molecule has 2 rings (SSSR count). The van der Waals surface area contributed by atoms with Crippen LogP contribution < -0.4 is 16.4 Å². The van der Waals surface area contributed by atoms with Crippen molar-refractivity contribution in [1.82, 2.24) is 15.4 Å². The second kappa shape index (κ2) is 6.47. The summed E-state index contributed by atoms with van der Waals surface area (Å²) in [5.74, 6) is -2.07. The minimum Gasteiger partial charge on any atom is -0.306 e. The average Bonchev–Trinajstić information content (AvgIpc) is 2.48. The summed E-state index contributed by atoms with van der Waals surface area (Å²) < 4.78 is 14.5. The van der Waals surface area contributed by atoms with Gasteiger partial charge in [-0.15, -0.1) is 0 Å². The van der Waals surface area contributed by atoms with Crippen LogP contribution in [0.3, 0.4) is 0 Å². The van der Waals surface area contributed by atoms with Gasteiger partial charge in [-0.25, -0.2) is 4.39 Å². The fraction of sp³-hybridized carbons (Fsp3) is 0.0714. The molecule has 2 N–H and O–H groups in total. The molecule has 0 spiro atoms. The number of carbonyl (C=O) groups is 2. The molecule has 0 aliphatic heterocycles. The van der Waals surface area contributed by atoms with E-state index in [9.17, 15) is 18.8 Å². The van der Waals surface area contributed by atoms with E-state index in [4.69, 9.17) is 0 Å². The molecule has 1 aromatic carbocycles. The topological polar surface area (TPSA) is 80.2 Å². The lowest BCUT2D eigenvalue weighted by atomic mass is 10.2. The van der Waals surface area contributed by atoms with Crippen LogP contribution in [-0.2, 0) is 11.3 Å². The first kappa shape index (κ1) is 14.4. The van der Waals surface area contributed by atoms with E-state index in [1.165, 1.54) is 35.0 Å². The number of amides is 2. The minimum absolute atomic E-state index is 0.185. The van der Waals surface area contributed by atoms with Gasteiger partial charge in [-0.05, 0) is 18.2 Å². The Labute approximate surface area is 119 Å². The van der Waals surface area contributed by atoms with Gasteiger partial charge in [0.15, 0.2) is 0 Å². The van der Waals surface area contributed by atoms with E-state index in [1.54, 1.807) is 12.1 Å². The third kappa shape index (κ3) is 3.75. The summed E-state index contributed by atoms with van der Waals surface area (Å²) in [6, 6.07) is 9.85. The quantitative estimate of drug-likeness (QED) is 0.805. The van der Waals surface area contributed by atoms with Crippen molar-refractivity contribution in [3.63, 3.8) is 0 Å². The van der Waals surface area contributed by atoms with Crippen molar-refractivity contribution in [2.45, 2.75) is 6.54 Å².